The molecule has 0 amide bonds. The Morgan fingerprint density at radius 1 is 1.35 bits per heavy atom. The van der Waals surface area contributed by atoms with Gasteiger partial charge in [0.05, 0.1) is 11.0 Å². The Hall–Kier alpha value is -1.11. The minimum atomic E-state index is -3.76. The van der Waals surface area contributed by atoms with Gasteiger partial charge in [0.25, 0.3) is 0 Å². The molecule has 0 unspecified atom stereocenters. The van der Waals surface area contributed by atoms with Gasteiger partial charge in [0.15, 0.2) is 0 Å². The molecule has 2 rings (SSSR count). The molecule has 1 aliphatic rings. The van der Waals surface area contributed by atoms with E-state index in [4.69, 9.17) is 11.6 Å². The second-order valence-corrected chi connectivity index (χ2v) is 7.33. The molecule has 110 valence electrons. The van der Waals surface area contributed by atoms with Crippen LogP contribution in [0, 0.1) is 5.92 Å². The number of carboxylic acids is 1. The molecular weight excluding hydrogens is 302 g/mol. The van der Waals surface area contributed by atoms with Crippen molar-refractivity contribution >= 4 is 27.6 Å². The number of halogens is 1. The van der Waals surface area contributed by atoms with Crippen molar-refractivity contribution in [3.8, 4) is 0 Å². The lowest BCUT2D eigenvalue weighted by Gasteiger charge is -2.29. The molecule has 1 aromatic carbocycles. The average Bonchev–Trinajstić information content (AvgIpc) is 2.39. The van der Waals surface area contributed by atoms with Gasteiger partial charge in [-0.05, 0) is 36.5 Å². The molecule has 0 aromatic heterocycles. The number of aromatic carboxylic acids is 1. The van der Waals surface area contributed by atoms with Crippen LogP contribution in [0.2, 0.25) is 5.02 Å². The van der Waals surface area contributed by atoms with Crippen LogP contribution < -0.4 is 5.11 Å². The molecule has 0 saturated carbocycles. The highest BCUT2D eigenvalue weighted by Gasteiger charge is 2.29. The van der Waals surface area contributed by atoms with Crippen LogP contribution in [0.5, 0.6) is 0 Å². The zero-order chi connectivity index (χ0) is 14.9. The first-order valence-electron chi connectivity index (χ1n) is 6.33. The lowest BCUT2D eigenvalue weighted by molar-refractivity contribution is -0.255. The van der Waals surface area contributed by atoms with Crippen LogP contribution in [0.4, 0.5) is 0 Å². The third kappa shape index (κ3) is 2.97. The summed E-state index contributed by atoms with van der Waals surface area (Å²) in [4.78, 5) is 10.7. The predicted octanol–water partition coefficient (Wildman–Crippen LogP) is 1.12. The lowest BCUT2D eigenvalue weighted by Crippen LogP contribution is -2.38. The number of carboxylic acid groups (broad SMARTS) is 1. The number of nitrogens with zero attached hydrogens (tertiary/aromatic N) is 1. The molecule has 0 bridgehead atoms. The van der Waals surface area contributed by atoms with Crippen molar-refractivity contribution in [3.05, 3.63) is 28.8 Å². The molecule has 0 spiro atoms. The zero-order valence-electron chi connectivity index (χ0n) is 11.0. The second kappa shape index (κ2) is 5.71. The molecular formula is C13H15ClNO4S-. The number of hydrogen-bond donors (Lipinski definition) is 0. The van der Waals surface area contributed by atoms with Crippen molar-refractivity contribution in [2.24, 2.45) is 5.92 Å². The fourth-order valence-corrected chi connectivity index (χ4v) is 4.16. The van der Waals surface area contributed by atoms with Crippen LogP contribution in [0.3, 0.4) is 0 Å². The van der Waals surface area contributed by atoms with E-state index in [2.05, 4.69) is 6.92 Å². The van der Waals surface area contributed by atoms with Gasteiger partial charge in [0, 0.05) is 13.1 Å². The second-order valence-electron chi connectivity index (χ2n) is 5.02. The van der Waals surface area contributed by atoms with Gasteiger partial charge >= 0.3 is 0 Å². The van der Waals surface area contributed by atoms with E-state index < -0.39 is 16.0 Å². The largest absolute Gasteiger partial charge is 0.545 e. The van der Waals surface area contributed by atoms with E-state index in [-0.39, 0.29) is 15.5 Å². The Labute approximate surface area is 123 Å². The number of rotatable bonds is 3. The first-order chi connectivity index (χ1) is 9.32. The predicted molar refractivity (Wildman–Crippen MR) is 72.9 cm³/mol. The standard InChI is InChI=1S/C13H16ClNO4S/c1-9-4-6-15(7-5-9)20(18,19)12-8-10(13(16)17)2-3-11(12)14/h2-3,8-9H,4-7H2,1H3,(H,16,17)/p-1. The van der Waals surface area contributed by atoms with Crippen LogP contribution in [0.1, 0.15) is 30.1 Å². The van der Waals surface area contributed by atoms with E-state index in [9.17, 15) is 18.3 Å². The van der Waals surface area contributed by atoms with Gasteiger partial charge in [-0.3, -0.25) is 0 Å². The third-order valence-electron chi connectivity index (χ3n) is 3.53. The Kier molecular flexibility index (Phi) is 4.36. The van der Waals surface area contributed by atoms with Crippen LogP contribution >= 0.6 is 11.6 Å². The minimum absolute atomic E-state index is 0.0219. The van der Waals surface area contributed by atoms with E-state index in [1.807, 2.05) is 0 Å². The summed E-state index contributed by atoms with van der Waals surface area (Å²) in [5.41, 5.74) is -0.196. The molecule has 0 aliphatic carbocycles. The molecule has 5 nitrogen and oxygen atoms in total. The SMILES string of the molecule is CC1CCN(S(=O)(=O)c2cc(C(=O)[O-])ccc2Cl)CC1. The van der Waals surface area contributed by atoms with Crippen molar-refractivity contribution in [2.75, 3.05) is 13.1 Å². The van der Waals surface area contributed by atoms with E-state index in [0.29, 0.717) is 19.0 Å². The summed E-state index contributed by atoms with van der Waals surface area (Å²) >= 11 is 5.91. The fourth-order valence-electron chi connectivity index (χ4n) is 2.19. The van der Waals surface area contributed by atoms with Gasteiger partial charge in [-0.15, -0.1) is 0 Å². The molecule has 20 heavy (non-hydrogen) atoms. The topological polar surface area (TPSA) is 77.5 Å². The summed E-state index contributed by atoms with van der Waals surface area (Å²) in [6, 6.07) is 3.56. The van der Waals surface area contributed by atoms with Gasteiger partial charge in [0.2, 0.25) is 10.0 Å². The maximum Gasteiger partial charge on any atom is 0.244 e. The molecule has 0 N–H and O–H groups in total. The Morgan fingerprint density at radius 2 is 1.95 bits per heavy atom. The highest BCUT2D eigenvalue weighted by Crippen LogP contribution is 2.28. The van der Waals surface area contributed by atoms with Crippen LogP contribution in [-0.2, 0) is 10.0 Å². The van der Waals surface area contributed by atoms with E-state index in [0.717, 1.165) is 18.9 Å². The Balaban J connectivity index is 2.38. The van der Waals surface area contributed by atoms with Crippen molar-refractivity contribution < 1.29 is 18.3 Å². The van der Waals surface area contributed by atoms with Gasteiger partial charge in [-0.2, -0.15) is 4.31 Å². The summed E-state index contributed by atoms with van der Waals surface area (Å²) in [5.74, 6) is -0.933. The molecule has 1 saturated heterocycles. The van der Waals surface area contributed by atoms with Crippen LogP contribution in [-0.4, -0.2) is 31.8 Å². The normalized spacial score (nSPS) is 18.1. The fraction of sp³-hybridized carbons (Fsp3) is 0.462. The average molecular weight is 317 g/mol. The van der Waals surface area contributed by atoms with E-state index >= 15 is 0 Å². The molecule has 1 aliphatic heterocycles. The quantitative estimate of drug-likeness (QED) is 0.837. The number of benzene rings is 1. The van der Waals surface area contributed by atoms with Gasteiger partial charge in [-0.25, -0.2) is 8.42 Å². The Morgan fingerprint density at radius 3 is 2.50 bits per heavy atom. The summed E-state index contributed by atoms with van der Waals surface area (Å²) in [6.07, 6.45) is 1.58. The zero-order valence-corrected chi connectivity index (χ0v) is 12.6. The first kappa shape index (κ1) is 15.3. The van der Waals surface area contributed by atoms with Crippen molar-refractivity contribution in [2.45, 2.75) is 24.7 Å². The maximum atomic E-state index is 12.5. The van der Waals surface area contributed by atoms with E-state index in [1.165, 1.54) is 16.4 Å². The van der Waals surface area contributed by atoms with Gasteiger partial charge < -0.3 is 9.90 Å². The maximum absolute atomic E-state index is 12.5. The number of piperidine rings is 1. The highest BCUT2D eigenvalue weighted by atomic mass is 35.5. The molecule has 7 heteroatoms. The summed E-state index contributed by atoms with van der Waals surface area (Å²) in [7, 11) is -3.76. The highest BCUT2D eigenvalue weighted by molar-refractivity contribution is 7.89. The van der Waals surface area contributed by atoms with E-state index in [1.54, 1.807) is 0 Å². The van der Waals surface area contributed by atoms with Crippen LogP contribution in [0.25, 0.3) is 0 Å². The number of carbonyl (C=O) groups excluding carboxylic acids is 1. The van der Waals surface area contributed by atoms with Crippen molar-refractivity contribution in [1.29, 1.82) is 0 Å². The summed E-state index contributed by atoms with van der Waals surface area (Å²) in [5, 5.41) is 10.9. The first-order valence-corrected chi connectivity index (χ1v) is 8.15. The summed E-state index contributed by atoms with van der Waals surface area (Å²) in [6.45, 7) is 2.93. The minimum Gasteiger partial charge on any atom is -0.545 e. The van der Waals surface area contributed by atoms with Crippen molar-refractivity contribution in [3.63, 3.8) is 0 Å². The molecule has 1 heterocycles. The van der Waals surface area contributed by atoms with Gasteiger partial charge in [0.1, 0.15) is 4.90 Å². The van der Waals surface area contributed by atoms with Gasteiger partial charge in [-0.1, -0.05) is 24.6 Å². The molecule has 1 aromatic rings. The number of hydrogen-bond acceptors (Lipinski definition) is 4. The monoisotopic (exact) mass is 316 g/mol. The Bertz CT molecular complexity index is 621. The molecule has 0 atom stereocenters. The van der Waals surface area contributed by atoms with Crippen LogP contribution in [0.15, 0.2) is 23.1 Å². The molecule has 0 radical (unpaired) electrons. The summed E-state index contributed by atoms with van der Waals surface area (Å²) < 4.78 is 26.4. The number of carbonyl (C=O) groups is 1. The van der Waals surface area contributed by atoms with Crippen molar-refractivity contribution in [1.82, 2.24) is 4.31 Å². The lowest BCUT2D eigenvalue weighted by atomic mass is 10.0. The molecule has 1 fully saturated rings. The number of sulfonamides is 1. The third-order valence-corrected chi connectivity index (χ3v) is 5.91. The smallest absolute Gasteiger partial charge is 0.244 e.